The summed E-state index contributed by atoms with van der Waals surface area (Å²) < 4.78 is 14.1. The van der Waals surface area contributed by atoms with Crippen molar-refractivity contribution >= 4 is 21.7 Å². The predicted octanol–water partition coefficient (Wildman–Crippen LogP) is 4.32. The van der Waals surface area contributed by atoms with Gasteiger partial charge in [0.1, 0.15) is 5.82 Å². The van der Waals surface area contributed by atoms with E-state index in [1.807, 2.05) is 31.2 Å². The van der Waals surface area contributed by atoms with Crippen LogP contribution in [0.4, 0.5) is 4.39 Å². The number of aryl methyl sites for hydroxylation is 1. The lowest BCUT2D eigenvalue weighted by Gasteiger charge is -2.06. The Hall–Kier alpha value is -1.48. The fourth-order valence-electron chi connectivity index (χ4n) is 1.86. The van der Waals surface area contributed by atoms with Gasteiger partial charge in [-0.2, -0.15) is 0 Å². The molecule has 0 N–H and O–H groups in total. The number of Topliss-reactive ketones (excluding diaryl/α,β-unsaturated/α-hetero) is 1. The average Bonchev–Trinajstić information content (AvgIpc) is 2.28. The number of rotatable bonds is 3. The van der Waals surface area contributed by atoms with Gasteiger partial charge in [0, 0.05) is 10.9 Å². The van der Waals surface area contributed by atoms with Crippen LogP contribution in [0.1, 0.15) is 21.5 Å². The van der Waals surface area contributed by atoms with Crippen LogP contribution in [0.5, 0.6) is 0 Å². The number of benzene rings is 2. The van der Waals surface area contributed by atoms with Crippen molar-refractivity contribution in [2.75, 3.05) is 0 Å². The summed E-state index contributed by atoms with van der Waals surface area (Å²) in [6.07, 6.45) is 0.210. The Bertz CT molecular complexity index is 573. The second-order valence-corrected chi connectivity index (χ2v) is 5.04. The van der Waals surface area contributed by atoms with Crippen molar-refractivity contribution in [3.63, 3.8) is 0 Å². The van der Waals surface area contributed by atoms with Gasteiger partial charge < -0.3 is 0 Å². The smallest absolute Gasteiger partial charge is 0.171 e. The van der Waals surface area contributed by atoms with Gasteiger partial charge in [0.05, 0.1) is 5.56 Å². The molecule has 0 fully saturated rings. The third kappa shape index (κ3) is 2.85. The topological polar surface area (TPSA) is 17.1 Å². The third-order valence-electron chi connectivity index (χ3n) is 2.69. The minimum Gasteiger partial charge on any atom is -0.294 e. The van der Waals surface area contributed by atoms with E-state index in [0.717, 1.165) is 11.1 Å². The Morgan fingerprint density at radius 3 is 2.61 bits per heavy atom. The Kier molecular flexibility index (Phi) is 3.92. The van der Waals surface area contributed by atoms with Crippen molar-refractivity contribution in [2.24, 2.45) is 0 Å². The molecular weight excluding hydrogens is 295 g/mol. The van der Waals surface area contributed by atoms with Crippen LogP contribution >= 0.6 is 15.9 Å². The predicted molar refractivity (Wildman–Crippen MR) is 73.3 cm³/mol. The summed E-state index contributed by atoms with van der Waals surface area (Å²) in [5.41, 5.74) is 2.11. The van der Waals surface area contributed by atoms with Crippen LogP contribution in [-0.2, 0) is 6.42 Å². The van der Waals surface area contributed by atoms with Gasteiger partial charge in [0.15, 0.2) is 5.78 Å². The molecule has 0 aliphatic heterocycles. The van der Waals surface area contributed by atoms with E-state index in [0.29, 0.717) is 4.47 Å². The lowest BCUT2D eigenvalue weighted by atomic mass is 10.0. The van der Waals surface area contributed by atoms with Crippen LogP contribution in [0.25, 0.3) is 0 Å². The van der Waals surface area contributed by atoms with Crippen molar-refractivity contribution in [3.8, 4) is 0 Å². The molecule has 92 valence electrons. The zero-order valence-electron chi connectivity index (χ0n) is 9.91. The highest BCUT2D eigenvalue weighted by Crippen LogP contribution is 2.21. The summed E-state index contributed by atoms with van der Waals surface area (Å²) in [5.74, 6) is -0.701. The monoisotopic (exact) mass is 306 g/mol. The van der Waals surface area contributed by atoms with Gasteiger partial charge in [0.25, 0.3) is 0 Å². The highest BCUT2D eigenvalue weighted by Gasteiger charge is 2.15. The number of hydrogen-bond donors (Lipinski definition) is 0. The van der Waals surface area contributed by atoms with E-state index in [4.69, 9.17) is 0 Å². The number of carbonyl (C=O) groups is 1. The van der Waals surface area contributed by atoms with E-state index < -0.39 is 5.82 Å². The highest BCUT2D eigenvalue weighted by atomic mass is 79.9. The summed E-state index contributed by atoms with van der Waals surface area (Å²) in [6.45, 7) is 1.97. The second-order valence-electron chi connectivity index (χ2n) is 4.19. The summed E-state index contributed by atoms with van der Waals surface area (Å²) in [7, 11) is 0. The summed E-state index contributed by atoms with van der Waals surface area (Å²) in [5, 5.41) is 0. The number of hydrogen-bond acceptors (Lipinski definition) is 1. The normalized spacial score (nSPS) is 10.4. The van der Waals surface area contributed by atoms with Crippen LogP contribution < -0.4 is 0 Å². The maximum Gasteiger partial charge on any atom is 0.171 e. The molecule has 0 aromatic heterocycles. The molecular formula is C15H12BrFO. The first kappa shape index (κ1) is 13.0. The van der Waals surface area contributed by atoms with Crippen molar-refractivity contribution in [2.45, 2.75) is 13.3 Å². The molecule has 2 aromatic rings. The second kappa shape index (κ2) is 5.44. The van der Waals surface area contributed by atoms with Crippen molar-refractivity contribution in [3.05, 3.63) is 69.4 Å². The molecule has 1 nitrogen and oxygen atoms in total. The molecule has 0 radical (unpaired) electrons. The first-order chi connectivity index (χ1) is 8.58. The molecule has 0 aliphatic carbocycles. The zero-order chi connectivity index (χ0) is 13.1. The molecule has 0 bridgehead atoms. The Labute approximate surface area is 114 Å². The van der Waals surface area contributed by atoms with Crippen LogP contribution in [0.2, 0.25) is 0 Å². The molecule has 0 atom stereocenters. The maximum atomic E-state index is 13.6. The average molecular weight is 307 g/mol. The van der Waals surface area contributed by atoms with Crippen molar-refractivity contribution in [1.82, 2.24) is 0 Å². The highest BCUT2D eigenvalue weighted by molar-refractivity contribution is 9.10. The number of ketones is 1. The number of halogens is 2. The fraction of sp³-hybridized carbons (Fsp3) is 0.133. The first-order valence-corrected chi connectivity index (χ1v) is 6.40. The SMILES string of the molecule is Cc1cccc(CC(=O)c2c(F)cccc2Br)c1. The minimum atomic E-state index is -0.484. The molecule has 3 heteroatoms. The van der Waals surface area contributed by atoms with E-state index in [1.165, 1.54) is 6.07 Å². The largest absolute Gasteiger partial charge is 0.294 e. The van der Waals surface area contributed by atoms with Gasteiger partial charge in [-0.3, -0.25) is 4.79 Å². The molecule has 0 amide bonds. The maximum absolute atomic E-state index is 13.6. The van der Waals surface area contributed by atoms with Gasteiger partial charge in [-0.25, -0.2) is 4.39 Å². The Balaban J connectivity index is 2.28. The van der Waals surface area contributed by atoms with E-state index in [1.54, 1.807) is 12.1 Å². The van der Waals surface area contributed by atoms with Gasteiger partial charge in [-0.05, 0) is 40.5 Å². The molecule has 2 aromatic carbocycles. The molecule has 0 saturated heterocycles. The Morgan fingerprint density at radius 2 is 1.94 bits per heavy atom. The van der Waals surface area contributed by atoms with Gasteiger partial charge in [-0.1, -0.05) is 35.9 Å². The molecule has 0 spiro atoms. The lowest BCUT2D eigenvalue weighted by molar-refractivity contribution is 0.0988. The van der Waals surface area contributed by atoms with Gasteiger partial charge in [0.2, 0.25) is 0 Å². The first-order valence-electron chi connectivity index (χ1n) is 5.60. The van der Waals surface area contributed by atoms with Crippen molar-refractivity contribution < 1.29 is 9.18 Å². The number of carbonyl (C=O) groups excluding carboxylic acids is 1. The standard InChI is InChI=1S/C15H12BrFO/c1-10-4-2-5-11(8-10)9-14(18)15-12(16)6-3-7-13(15)17/h2-8H,9H2,1H3. The minimum absolute atomic E-state index is 0.124. The quantitative estimate of drug-likeness (QED) is 0.772. The zero-order valence-corrected chi connectivity index (χ0v) is 11.5. The summed E-state index contributed by atoms with van der Waals surface area (Å²) in [4.78, 5) is 12.1. The van der Waals surface area contributed by atoms with Crippen LogP contribution in [0, 0.1) is 12.7 Å². The lowest BCUT2D eigenvalue weighted by Crippen LogP contribution is -2.07. The molecule has 18 heavy (non-hydrogen) atoms. The van der Waals surface area contributed by atoms with Gasteiger partial charge in [-0.15, -0.1) is 0 Å². The Morgan fingerprint density at radius 1 is 1.22 bits per heavy atom. The van der Waals surface area contributed by atoms with Crippen LogP contribution in [0.15, 0.2) is 46.9 Å². The van der Waals surface area contributed by atoms with Crippen molar-refractivity contribution in [1.29, 1.82) is 0 Å². The fourth-order valence-corrected chi connectivity index (χ4v) is 2.42. The van der Waals surface area contributed by atoms with Crippen LogP contribution in [-0.4, -0.2) is 5.78 Å². The van der Waals surface area contributed by atoms with Crippen LogP contribution in [0.3, 0.4) is 0 Å². The molecule has 2 rings (SSSR count). The summed E-state index contributed by atoms with van der Waals surface area (Å²) in [6, 6.07) is 12.2. The van der Waals surface area contributed by atoms with E-state index in [2.05, 4.69) is 15.9 Å². The molecule has 0 heterocycles. The summed E-state index contributed by atoms with van der Waals surface area (Å²) >= 11 is 3.21. The molecule has 0 aliphatic rings. The van der Waals surface area contributed by atoms with Gasteiger partial charge >= 0.3 is 0 Å². The molecule has 0 saturated carbocycles. The third-order valence-corrected chi connectivity index (χ3v) is 3.35. The molecule has 0 unspecified atom stereocenters. The van der Waals surface area contributed by atoms with E-state index in [-0.39, 0.29) is 17.8 Å². The van der Waals surface area contributed by atoms with E-state index in [9.17, 15) is 9.18 Å². The van der Waals surface area contributed by atoms with E-state index >= 15 is 0 Å².